The fraction of sp³-hybridized carbons (Fsp3) is 0.250. The second-order valence-electron chi connectivity index (χ2n) is 23.7. The third-order valence-corrected chi connectivity index (χ3v) is 17.6. The number of H-pyrrole nitrogens is 2. The topological polar surface area (TPSA) is 175 Å². The smallest absolute Gasteiger partial charge is 0.119 e. The van der Waals surface area contributed by atoms with E-state index in [4.69, 9.17) is 28.9 Å². The third-order valence-electron chi connectivity index (χ3n) is 17.6. The maximum absolute atomic E-state index is 9.47. The molecular formula is C80H78N4O8. The number of nitrogens with zero attached hydrogens (tertiary/aromatic N) is 2. The van der Waals surface area contributed by atoms with Gasteiger partial charge in [-0.05, 0) is 148 Å². The van der Waals surface area contributed by atoms with Gasteiger partial charge in [0.05, 0.1) is 71.3 Å². The molecule has 0 radical (unpaired) electrons. The molecule has 466 valence electrons. The van der Waals surface area contributed by atoms with E-state index in [-0.39, 0.29) is 26.4 Å². The molecular weight excluding hydrogens is 1140 g/mol. The Bertz CT molecular complexity index is 3950. The van der Waals surface area contributed by atoms with Crippen molar-refractivity contribution in [2.75, 3.05) is 52.9 Å². The van der Waals surface area contributed by atoms with Crippen molar-refractivity contribution in [3.63, 3.8) is 0 Å². The normalized spacial score (nSPS) is 11.7. The Hall–Kier alpha value is -9.56. The van der Waals surface area contributed by atoms with Gasteiger partial charge in [-0.2, -0.15) is 0 Å². The maximum atomic E-state index is 9.47. The van der Waals surface area contributed by atoms with Gasteiger partial charge >= 0.3 is 0 Å². The van der Waals surface area contributed by atoms with E-state index in [1.54, 1.807) is 0 Å². The van der Waals surface area contributed by atoms with Crippen LogP contribution in [-0.4, -0.2) is 93.2 Å². The summed E-state index contributed by atoms with van der Waals surface area (Å²) >= 11 is 0. The van der Waals surface area contributed by atoms with Crippen LogP contribution >= 0.6 is 0 Å². The molecule has 0 saturated carbocycles. The van der Waals surface area contributed by atoms with Crippen molar-refractivity contribution >= 4 is 43.6 Å². The number of aliphatic hydroxyl groups excluding tert-OH is 4. The number of hydrogen-bond acceptors (Lipinski definition) is 10. The Morgan fingerprint density at radius 2 is 0.467 bits per heavy atom. The molecule has 8 aromatic carbocycles. The van der Waals surface area contributed by atoms with Gasteiger partial charge in [-0.15, -0.1) is 0 Å². The summed E-state index contributed by atoms with van der Waals surface area (Å²) in [5, 5.41) is 41.9. The standard InChI is InChI=1S/C80H78N4O8/c85-45-13-1-17-49-89-57-37-29-53(30-38-57)69-73-61-21-5-7-23-63(61)75(81-73)70(54-31-39-58(40-32-54)90-50-18-2-14-46-86)77-65-25-9-11-27-67(65)79(83-77)72(56-35-43-60(44-36-56)92-52-20-4-16-48-88)80-68-28-12-10-26-66(68)78(84-80)71(76-64-24-8-6-22-62(64)74(69)82-76)55-33-41-59(42-34-55)91-51-19-3-15-47-87/h5-12,21-44,81,84-88H,1-4,13-20,45-52H2. The highest BCUT2D eigenvalue weighted by atomic mass is 16.5. The number of aromatic nitrogens is 4. The maximum Gasteiger partial charge on any atom is 0.119 e. The lowest BCUT2D eigenvalue weighted by Gasteiger charge is -2.11. The van der Waals surface area contributed by atoms with Crippen LogP contribution < -0.4 is 18.9 Å². The van der Waals surface area contributed by atoms with Crippen molar-refractivity contribution in [3.05, 3.63) is 194 Å². The molecule has 8 bridgehead atoms. The molecule has 4 heterocycles. The zero-order valence-corrected chi connectivity index (χ0v) is 51.9. The number of hydrogen-bond donors (Lipinski definition) is 6. The molecule has 10 aromatic rings. The zero-order chi connectivity index (χ0) is 62.6. The summed E-state index contributed by atoms with van der Waals surface area (Å²) in [4.78, 5) is 20.4. The average molecular weight is 1220 g/mol. The first-order valence-electron chi connectivity index (χ1n) is 32.7. The number of rotatable bonds is 28. The van der Waals surface area contributed by atoms with Crippen LogP contribution in [0.15, 0.2) is 194 Å². The first-order valence-corrected chi connectivity index (χ1v) is 32.7. The molecule has 1 aliphatic carbocycles. The number of benzene rings is 8. The van der Waals surface area contributed by atoms with Gasteiger partial charge in [0.15, 0.2) is 0 Å². The lowest BCUT2D eigenvalue weighted by atomic mass is 9.93. The number of aromatic amines is 2. The summed E-state index contributed by atoms with van der Waals surface area (Å²) in [5.41, 5.74) is 18.1. The Morgan fingerprint density at radius 1 is 0.250 bits per heavy atom. The van der Waals surface area contributed by atoms with Crippen molar-refractivity contribution in [3.8, 4) is 113 Å². The van der Waals surface area contributed by atoms with Gasteiger partial charge in [-0.3, -0.25) is 0 Å². The summed E-state index contributed by atoms with van der Waals surface area (Å²) in [5.74, 6) is 3.04. The highest BCUT2D eigenvalue weighted by Gasteiger charge is 2.30. The van der Waals surface area contributed by atoms with Crippen molar-refractivity contribution in [1.82, 2.24) is 19.9 Å². The van der Waals surface area contributed by atoms with Crippen LogP contribution in [-0.2, 0) is 0 Å². The lowest BCUT2D eigenvalue weighted by Crippen LogP contribution is -1.98. The monoisotopic (exact) mass is 1220 g/mol. The molecule has 13 rings (SSSR count). The van der Waals surface area contributed by atoms with Gasteiger partial charge in [-0.25, -0.2) is 9.97 Å². The van der Waals surface area contributed by atoms with Gasteiger partial charge in [0.25, 0.3) is 0 Å². The highest BCUT2D eigenvalue weighted by Crippen LogP contribution is 2.52. The molecule has 3 aliphatic rings. The quantitative estimate of drug-likeness (QED) is 0.0259. The molecule has 12 heteroatoms. The van der Waals surface area contributed by atoms with Crippen LogP contribution in [0.2, 0.25) is 0 Å². The summed E-state index contributed by atoms with van der Waals surface area (Å²) in [6.45, 7) is 2.83. The van der Waals surface area contributed by atoms with Crippen LogP contribution in [0.1, 0.15) is 77.0 Å². The molecule has 0 fully saturated rings. The Morgan fingerprint density at radius 3 is 0.685 bits per heavy atom. The van der Waals surface area contributed by atoms with E-state index in [9.17, 15) is 20.4 Å². The lowest BCUT2D eigenvalue weighted by molar-refractivity contribution is 0.265. The molecule has 0 atom stereocenters. The number of aliphatic hydroxyl groups is 4. The predicted octanol–water partition coefficient (Wildman–Crippen LogP) is 18.1. The molecule has 2 aromatic heterocycles. The Balaban J connectivity index is 1.17. The van der Waals surface area contributed by atoms with Crippen LogP contribution in [0.5, 0.6) is 23.0 Å². The number of nitrogens with one attached hydrogen (secondary N) is 2. The fourth-order valence-electron chi connectivity index (χ4n) is 13.0. The van der Waals surface area contributed by atoms with Crippen molar-refractivity contribution in [2.45, 2.75) is 77.0 Å². The van der Waals surface area contributed by atoms with E-state index in [2.05, 4.69) is 204 Å². The summed E-state index contributed by atoms with van der Waals surface area (Å²) < 4.78 is 25.4. The Kier molecular flexibility index (Phi) is 19.4. The van der Waals surface area contributed by atoms with Crippen molar-refractivity contribution in [1.29, 1.82) is 0 Å². The Labute approximate surface area is 536 Å². The van der Waals surface area contributed by atoms with Gasteiger partial charge in [-0.1, -0.05) is 146 Å². The summed E-state index contributed by atoms with van der Waals surface area (Å²) in [6, 6.07) is 68.0. The van der Waals surface area contributed by atoms with Gasteiger partial charge < -0.3 is 49.3 Å². The van der Waals surface area contributed by atoms with Crippen LogP contribution in [0.25, 0.3) is 133 Å². The SMILES string of the molecule is OCCCCCOc1ccc(-c2c3nc(c(-c4ccc(OCCCCCO)cc4)c4[nH]c(c(-c5ccc(OCCCCCO)cc5)c5nc(c(-c6ccc(OCCCCCO)cc6)c6[nH]c2c2ccccc62)-c2ccccc2-5)c2ccccc42)-c2ccccc2-3)cc1. The zero-order valence-electron chi connectivity index (χ0n) is 51.9. The minimum atomic E-state index is 0.166. The molecule has 0 unspecified atom stereocenters. The first-order chi connectivity index (χ1) is 45.5. The van der Waals surface area contributed by atoms with Gasteiger partial charge in [0.2, 0.25) is 0 Å². The molecule has 12 nitrogen and oxygen atoms in total. The summed E-state index contributed by atoms with van der Waals surface area (Å²) in [6.07, 6.45) is 9.85. The second-order valence-corrected chi connectivity index (χ2v) is 23.7. The molecule has 2 aliphatic heterocycles. The molecule has 0 saturated heterocycles. The van der Waals surface area contributed by atoms with E-state index in [0.717, 1.165) is 233 Å². The minimum absolute atomic E-state index is 0.166. The largest absolute Gasteiger partial charge is 0.494 e. The first kappa shape index (κ1) is 61.3. The fourth-order valence-corrected chi connectivity index (χ4v) is 13.0. The summed E-state index contributed by atoms with van der Waals surface area (Å²) in [7, 11) is 0. The third kappa shape index (κ3) is 12.9. The number of ether oxygens (including phenoxy) is 4. The predicted molar refractivity (Wildman–Crippen MR) is 372 cm³/mol. The number of unbranched alkanes of at least 4 members (excludes halogenated alkanes) is 8. The minimum Gasteiger partial charge on any atom is -0.494 e. The second kappa shape index (κ2) is 29.2. The molecule has 92 heavy (non-hydrogen) atoms. The van der Waals surface area contributed by atoms with Gasteiger partial charge in [0.1, 0.15) is 23.0 Å². The highest BCUT2D eigenvalue weighted by molar-refractivity contribution is 6.21. The van der Waals surface area contributed by atoms with Crippen LogP contribution in [0, 0.1) is 0 Å². The van der Waals surface area contributed by atoms with Crippen LogP contribution in [0.3, 0.4) is 0 Å². The van der Waals surface area contributed by atoms with Gasteiger partial charge in [0, 0.05) is 92.5 Å². The van der Waals surface area contributed by atoms with E-state index in [1.165, 1.54) is 0 Å². The van der Waals surface area contributed by atoms with Crippen molar-refractivity contribution in [2.24, 2.45) is 0 Å². The van der Waals surface area contributed by atoms with E-state index < -0.39 is 0 Å². The van der Waals surface area contributed by atoms with E-state index >= 15 is 0 Å². The molecule has 0 amide bonds. The average Bonchev–Trinajstić information content (AvgIpc) is 1.58. The van der Waals surface area contributed by atoms with Crippen LogP contribution in [0.4, 0.5) is 0 Å². The van der Waals surface area contributed by atoms with Crippen molar-refractivity contribution < 1.29 is 39.4 Å². The van der Waals surface area contributed by atoms with E-state index in [1.807, 2.05) is 0 Å². The molecule has 6 N–H and O–H groups in total. The molecule has 0 spiro atoms. The van der Waals surface area contributed by atoms with E-state index in [0.29, 0.717) is 26.4 Å².